The Balaban J connectivity index is 1.90. The molecule has 0 bridgehead atoms. The van der Waals surface area contributed by atoms with Crippen molar-refractivity contribution in [3.63, 3.8) is 0 Å². The Kier molecular flexibility index (Phi) is 8.34. The van der Waals surface area contributed by atoms with Crippen LogP contribution in [0.4, 0.5) is 17.1 Å². The van der Waals surface area contributed by atoms with Crippen LogP contribution in [0.3, 0.4) is 0 Å². The minimum atomic E-state index is -0.185. The summed E-state index contributed by atoms with van der Waals surface area (Å²) in [6.45, 7) is 6.53. The van der Waals surface area contributed by atoms with Crippen molar-refractivity contribution < 1.29 is 14.3 Å². The molecule has 0 atom stereocenters. The Morgan fingerprint density at radius 1 is 1.00 bits per heavy atom. The number of nitrogens with one attached hydrogen (secondary N) is 3. The number of unbranched alkanes of at least 4 members (excludes halogenated alkanes) is 1. The number of hydrogen-bond acceptors (Lipinski definition) is 4. The first kappa shape index (κ1) is 21.3. The summed E-state index contributed by atoms with van der Waals surface area (Å²) in [5.74, 6) is 0.379. The van der Waals surface area contributed by atoms with Gasteiger partial charge in [0.1, 0.15) is 5.75 Å². The average Bonchev–Trinajstić information content (AvgIpc) is 2.67. The molecule has 0 fully saturated rings. The molecule has 0 saturated carbocycles. The van der Waals surface area contributed by atoms with E-state index in [1.165, 1.54) is 0 Å². The fourth-order valence-electron chi connectivity index (χ4n) is 2.41. The van der Waals surface area contributed by atoms with Crippen molar-refractivity contribution in [1.82, 2.24) is 0 Å². The Morgan fingerprint density at radius 3 is 2.43 bits per heavy atom. The molecule has 6 heteroatoms. The number of amides is 2. The van der Waals surface area contributed by atoms with Gasteiger partial charge >= 0.3 is 0 Å². The van der Waals surface area contributed by atoms with Crippen molar-refractivity contribution >= 4 is 28.9 Å². The van der Waals surface area contributed by atoms with Crippen LogP contribution in [-0.2, 0) is 9.59 Å². The van der Waals surface area contributed by atoms with Crippen molar-refractivity contribution in [3.8, 4) is 5.75 Å². The molecule has 0 aliphatic carbocycles. The lowest BCUT2D eigenvalue weighted by molar-refractivity contribution is -0.119. The third-order valence-corrected chi connectivity index (χ3v) is 4.02. The Labute approximate surface area is 166 Å². The molecule has 0 unspecified atom stereocenters. The van der Waals surface area contributed by atoms with Crippen LogP contribution < -0.4 is 20.7 Å². The molecule has 0 saturated heterocycles. The van der Waals surface area contributed by atoms with Gasteiger partial charge in [-0.15, -0.1) is 0 Å². The van der Waals surface area contributed by atoms with Crippen molar-refractivity contribution in [2.24, 2.45) is 5.92 Å². The Hall–Kier alpha value is -3.02. The highest BCUT2D eigenvalue weighted by Gasteiger charge is 2.09. The number of para-hydroxylation sites is 2. The summed E-state index contributed by atoms with van der Waals surface area (Å²) < 4.78 is 5.77. The zero-order chi connectivity index (χ0) is 20.4. The molecule has 0 aliphatic heterocycles. The van der Waals surface area contributed by atoms with Crippen LogP contribution in [0.2, 0.25) is 0 Å². The molecule has 2 amide bonds. The predicted octanol–water partition coefficient (Wildman–Crippen LogP) is 4.51. The molecule has 0 radical (unpaired) electrons. The summed E-state index contributed by atoms with van der Waals surface area (Å²) in [6.07, 6.45) is 2.05. The molecule has 2 rings (SSSR count). The molecule has 28 heavy (non-hydrogen) atoms. The fourth-order valence-corrected chi connectivity index (χ4v) is 2.41. The molecule has 0 aliphatic rings. The van der Waals surface area contributed by atoms with Gasteiger partial charge in [-0.25, -0.2) is 0 Å². The number of hydrogen-bond donors (Lipinski definition) is 3. The number of benzene rings is 2. The number of carbonyl (C=O) groups is 2. The molecule has 0 aromatic heterocycles. The van der Waals surface area contributed by atoms with Gasteiger partial charge in [0.15, 0.2) is 0 Å². The number of carbonyl (C=O) groups excluding carboxylic acids is 2. The molecule has 3 N–H and O–H groups in total. The van der Waals surface area contributed by atoms with Crippen molar-refractivity contribution in [1.29, 1.82) is 0 Å². The van der Waals surface area contributed by atoms with Gasteiger partial charge in [0.25, 0.3) is 0 Å². The third kappa shape index (κ3) is 6.95. The molecule has 0 heterocycles. The first-order valence-electron chi connectivity index (χ1n) is 9.66. The summed E-state index contributed by atoms with van der Waals surface area (Å²) in [6, 6.07) is 14.7. The van der Waals surface area contributed by atoms with E-state index >= 15 is 0 Å². The van der Waals surface area contributed by atoms with Gasteiger partial charge in [-0.2, -0.15) is 0 Å². The number of rotatable bonds is 10. The fraction of sp³-hybridized carbons (Fsp3) is 0.364. The second kappa shape index (κ2) is 11.0. The summed E-state index contributed by atoms with van der Waals surface area (Å²) in [4.78, 5) is 24.1. The van der Waals surface area contributed by atoms with Gasteiger partial charge in [-0.05, 0) is 36.8 Å². The number of anilines is 3. The van der Waals surface area contributed by atoms with Gasteiger partial charge in [-0.3, -0.25) is 9.59 Å². The lowest BCUT2D eigenvalue weighted by Crippen LogP contribution is -2.22. The van der Waals surface area contributed by atoms with E-state index < -0.39 is 0 Å². The minimum Gasteiger partial charge on any atom is -0.491 e. The quantitative estimate of drug-likeness (QED) is 0.527. The van der Waals surface area contributed by atoms with Crippen LogP contribution in [0.5, 0.6) is 5.75 Å². The van der Waals surface area contributed by atoms with E-state index in [0.717, 1.165) is 24.3 Å². The van der Waals surface area contributed by atoms with Gasteiger partial charge in [0, 0.05) is 17.3 Å². The zero-order valence-electron chi connectivity index (χ0n) is 16.7. The lowest BCUT2D eigenvalue weighted by atomic mass is 10.2. The van der Waals surface area contributed by atoms with Crippen LogP contribution in [-0.4, -0.2) is 25.0 Å². The largest absolute Gasteiger partial charge is 0.491 e. The molecular formula is C22H29N3O3. The van der Waals surface area contributed by atoms with Crippen LogP contribution in [0, 0.1) is 5.92 Å². The minimum absolute atomic E-state index is 0.0650. The molecule has 0 spiro atoms. The van der Waals surface area contributed by atoms with E-state index in [1.807, 2.05) is 38.1 Å². The van der Waals surface area contributed by atoms with E-state index in [4.69, 9.17) is 4.74 Å². The number of ether oxygens (including phenoxy) is 1. The van der Waals surface area contributed by atoms with E-state index in [-0.39, 0.29) is 24.3 Å². The van der Waals surface area contributed by atoms with Crippen molar-refractivity contribution in [2.45, 2.75) is 33.6 Å². The van der Waals surface area contributed by atoms with Gasteiger partial charge < -0.3 is 20.7 Å². The molecular weight excluding hydrogens is 354 g/mol. The molecule has 2 aromatic rings. The maximum atomic E-state index is 12.3. The van der Waals surface area contributed by atoms with Gasteiger partial charge in [-0.1, -0.05) is 45.4 Å². The van der Waals surface area contributed by atoms with E-state index in [0.29, 0.717) is 18.0 Å². The topological polar surface area (TPSA) is 79.5 Å². The maximum absolute atomic E-state index is 12.3. The highest BCUT2D eigenvalue weighted by Crippen LogP contribution is 2.24. The smallest absolute Gasteiger partial charge is 0.243 e. The van der Waals surface area contributed by atoms with E-state index in [1.54, 1.807) is 24.3 Å². The van der Waals surface area contributed by atoms with E-state index in [9.17, 15) is 9.59 Å². The SMILES string of the molecule is CCCCOc1ccccc1NCC(=O)Nc1cccc(NC(=O)C(C)C)c1. The molecule has 6 nitrogen and oxygen atoms in total. The van der Waals surface area contributed by atoms with Crippen molar-refractivity contribution in [2.75, 3.05) is 29.1 Å². The van der Waals surface area contributed by atoms with Crippen LogP contribution >= 0.6 is 0 Å². The summed E-state index contributed by atoms with van der Waals surface area (Å²) in [7, 11) is 0. The van der Waals surface area contributed by atoms with E-state index in [2.05, 4.69) is 22.9 Å². The first-order valence-corrected chi connectivity index (χ1v) is 9.66. The van der Waals surface area contributed by atoms with Gasteiger partial charge in [0.2, 0.25) is 11.8 Å². The molecule has 150 valence electrons. The monoisotopic (exact) mass is 383 g/mol. The normalized spacial score (nSPS) is 10.4. The standard InChI is InChI=1S/C22H29N3O3/c1-4-5-13-28-20-12-7-6-11-19(20)23-15-21(26)24-17-9-8-10-18(14-17)25-22(27)16(2)3/h6-12,14,16,23H,4-5,13,15H2,1-3H3,(H,24,26)(H,25,27). The van der Waals surface area contributed by atoms with Crippen LogP contribution in [0.1, 0.15) is 33.6 Å². The lowest BCUT2D eigenvalue weighted by Gasteiger charge is -2.13. The second-order valence-electron chi connectivity index (χ2n) is 6.82. The highest BCUT2D eigenvalue weighted by atomic mass is 16.5. The molecule has 2 aromatic carbocycles. The predicted molar refractivity (Wildman–Crippen MR) is 114 cm³/mol. The second-order valence-corrected chi connectivity index (χ2v) is 6.82. The summed E-state index contributed by atoms with van der Waals surface area (Å²) in [5.41, 5.74) is 2.06. The summed E-state index contributed by atoms with van der Waals surface area (Å²) in [5, 5.41) is 8.77. The highest BCUT2D eigenvalue weighted by molar-refractivity contribution is 5.96. The maximum Gasteiger partial charge on any atom is 0.243 e. The van der Waals surface area contributed by atoms with Crippen molar-refractivity contribution in [3.05, 3.63) is 48.5 Å². The Morgan fingerprint density at radius 2 is 1.71 bits per heavy atom. The first-order chi connectivity index (χ1) is 13.5. The third-order valence-electron chi connectivity index (χ3n) is 4.02. The Bertz CT molecular complexity index is 790. The van der Waals surface area contributed by atoms with Crippen LogP contribution in [0.25, 0.3) is 0 Å². The summed E-state index contributed by atoms with van der Waals surface area (Å²) >= 11 is 0. The average molecular weight is 383 g/mol. The zero-order valence-corrected chi connectivity index (χ0v) is 16.7. The van der Waals surface area contributed by atoms with Gasteiger partial charge in [0.05, 0.1) is 18.8 Å². The van der Waals surface area contributed by atoms with Crippen LogP contribution in [0.15, 0.2) is 48.5 Å².